The van der Waals surface area contributed by atoms with Gasteiger partial charge in [0.2, 0.25) is 0 Å². The van der Waals surface area contributed by atoms with E-state index in [1.165, 1.54) is 4.90 Å². The van der Waals surface area contributed by atoms with Gasteiger partial charge in [0.05, 0.1) is 11.6 Å². The molecular formula is C31H25ClN2O4. The number of nitrogens with zero attached hydrogens (tertiary/aromatic N) is 2. The van der Waals surface area contributed by atoms with Gasteiger partial charge in [0.1, 0.15) is 18.1 Å². The number of pyridine rings is 1. The molecule has 190 valence electrons. The zero-order valence-corrected chi connectivity index (χ0v) is 21.4. The highest BCUT2D eigenvalue weighted by Crippen LogP contribution is 2.40. The van der Waals surface area contributed by atoms with Gasteiger partial charge >= 0.3 is 0 Å². The first-order valence-electron chi connectivity index (χ1n) is 12.1. The maximum absolute atomic E-state index is 13.3. The number of carbonyl (C=O) groups is 2. The molecule has 5 rings (SSSR count). The van der Waals surface area contributed by atoms with Crippen LogP contribution in [0.2, 0.25) is 5.02 Å². The second kappa shape index (κ2) is 10.9. The molecule has 1 N–H and O–H groups in total. The molecule has 0 radical (unpaired) electrons. The number of ketones is 1. The van der Waals surface area contributed by atoms with Gasteiger partial charge in [-0.3, -0.25) is 14.6 Å². The third kappa shape index (κ3) is 5.31. The molecule has 3 aromatic carbocycles. The fourth-order valence-corrected chi connectivity index (χ4v) is 4.68. The number of hydrogen-bond acceptors (Lipinski definition) is 5. The van der Waals surface area contributed by atoms with Gasteiger partial charge in [0, 0.05) is 29.5 Å². The molecule has 1 aliphatic heterocycles. The van der Waals surface area contributed by atoms with E-state index >= 15 is 0 Å². The van der Waals surface area contributed by atoms with Crippen molar-refractivity contribution in [1.29, 1.82) is 0 Å². The summed E-state index contributed by atoms with van der Waals surface area (Å²) in [4.78, 5) is 31.9. The highest BCUT2D eigenvalue weighted by atomic mass is 35.5. The number of aliphatic hydroxyl groups is 1. The van der Waals surface area contributed by atoms with Gasteiger partial charge in [-0.25, -0.2) is 0 Å². The van der Waals surface area contributed by atoms with Gasteiger partial charge in [0.25, 0.3) is 11.7 Å². The zero-order valence-electron chi connectivity index (χ0n) is 20.7. The number of carbonyl (C=O) groups excluding carboxylic acids is 2. The molecule has 0 saturated carbocycles. The molecule has 1 aliphatic rings. The van der Waals surface area contributed by atoms with Crippen LogP contribution in [-0.2, 0) is 22.7 Å². The van der Waals surface area contributed by atoms with Crippen LogP contribution in [0.15, 0.2) is 103 Å². The Morgan fingerprint density at radius 2 is 1.66 bits per heavy atom. The van der Waals surface area contributed by atoms with Crippen molar-refractivity contribution < 1.29 is 19.4 Å². The molecule has 6 nitrogen and oxygen atoms in total. The highest BCUT2D eigenvalue weighted by molar-refractivity contribution is 6.46. The Bertz CT molecular complexity index is 1500. The molecule has 4 aromatic rings. The standard InChI is InChI=1S/C31H25ClN2O4/c1-20-3-2-4-22(17-20)19-38-26-11-7-24(8-12-26)29(35)27-28(23-5-9-25(32)10-6-23)34(31(37)30(27)36)18-21-13-15-33-16-14-21/h2-17,28,35H,18-19H2,1H3/b29-27+/t28-/m0/s1. The van der Waals surface area contributed by atoms with Crippen molar-refractivity contribution in [2.45, 2.75) is 26.1 Å². The van der Waals surface area contributed by atoms with Gasteiger partial charge in [0.15, 0.2) is 0 Å². The molecule has 2 heterocycles. The lowest BCUT2D eigenvalue weighted by Crippen LogP contribution is -2.29. The summed E-state index contributed by atoms with van der Waals surface area (Å²) in [5.74, 6) is -1.04. The van der Waals surface area contributed by atoms with Crippen LogP contribution in [-0.4, -0.2) is 26.7 Å². The van der Waals surface area contributed by atoms with Crippen molar-refractivity contribution in [1.82, 2.24) is 9.88 Å². The third-order valence-corrected chi connectivity index (χ3v) is 6.70. The summed E-state index contributed by atoms with van der Waals surface area (Å²) in [6, 6.07) is 24.6. The van der Waals surface area contributed by atoms with Gasteiger partial charge in [-0.05, 0) is 72.1 Å². The maximum Gasteiger partial charge on any atom is 0.295 e. The molecule has 0 spiro atoms. The quantitative estimate of drug-likeness (QED) is 0.176. The van der Waals surface area contributed by atoms with Gasteiger partial charge in [-0.1, -0.05) is 53.6 Å². The summed E-state index contributed by atoms with van der Waals surface area (Å²) < 4.78 is 5.89. The van der Waals surface area contributed by atoms with Crippen LogP contribution >= 0.6 is 11.6 Å². The molecule has 1 saturated heterocycles. The largest absolute Gasteiger partial charge is 0.507 e. The van der Waals surface area contributed by atoms with Crippen LogP contribution in [0.5, 0.6) is 5.75 Å². The van der Waals surface area contributed by atoms with E-state index in [0.717, 1.165) is 16.7 Å². The summed E-state index contributed by atoms with van der Waals surface area (Å²) >= 11 is 6.10. The Labute approximate surface area is 225 Å². The van der Waals surface area contributed by atoms with Crippen LogP contribution in [0.3, 0.4) is 0 Å². The van der Waals surface area contributed by atoms with E-state index in [2.05, 4.69) is 11.1 Å². The minimum atomic E-state index is -0.780. The van der Waals surface area contributed by atoms with Crippen molar-refractivity contribution in [3.8, 4) is 5.75 Å². The lowest BCUT2D eigenvalue weighted by Gasteiger charge is -2.25. The van der Waals surface area contributed by atoms with E-state index < -0.39 is 17.7 Å². The minimum Gasteiger partial charge on any atom is -0.507 e. The van der Waals surface area contributed by atoms with E-state index in [0.29, 0.717) is 28.5 Å². The predicted octanol–water partition coefficient (Wildman–Crippen LogP) is 6.24. The normalized spacial score (nSPS) is 16.6. The number of amides is 1. The van der Waals surface area contributed by atoms with E-state index in [1.807, 2.05) is 25.1 Å². The second-order valence-electron chi connectivity index (χ2n) is 9.14. The number of likely N-dealkylation sites (tertiary alicyclic amines) is 1. The summed E-state index contributed by atoms with van der Waals surface area (Å²) in [6.07, 6.45) is 3.26. The van der Waals surface area contributed by atoms with E-state index in [-0.39, 0.29) is 17.9 Å². The fraction of sp³-hybridized carbons (Fsp3) is 0.129. The van der Waals surface area contributed by atoms with Crippen LogP contribution in [0, 0.1) is 6.92 Å². The van der Waals surface area contributed by atoms with Crippen LogP contribution in [0.25, 0.3) is 5.76 Å². The predicted molar refractivity (Wildman–Crippen MR) is 145 cm³/mol. The molecule has 0 unspecified atom stereocenters. The average molecular weight is 525 g/mol. The fourth-order valence-electron chi connectivity index (χ4n) is 4.55. The van der Waals surface area contributed by atoms with Gasteiger partial charge < -0.3 is 14.7 Å². The lowest BCUT2D eigenvalue weighted by molar-refractivity contribution is -0.140. The van der Waals surface area contributed by atoms with Gasteiger partial charge in [-0.15, -0.1) is 0 Å². The maximum atomic E-state index is 13.3. The number of benzene rings is 3. The Morgan fingerprint density at radius 3 is 2.34 bits per heavy atom. The minimum absolute atomic E-state index is 0.0276. The Kier molecular flexibility index (Phi) is 7.24. The molecule has 0 aliphatic carbocycles. The molecule has 0 bridgehead atoms. The van der Waals surface area contributed by atoms with Crippen LogP contribution < -0.4 is 4.74 Å². The molecule has 1 fully saturated rings. The second-order valence-corrected chi connectivity index (χ2v) is 9.57. The summed E-state index contributed by atoms with van der Waals surface area (Å²) in [7, 11) is 0. The van der Waals surface area contributed by atoms with Gasteiger partial charge in [-0.2, -0.15) is 0 Å². The molecular weight excluding hydrogens is 500 g/mol. The van der Waals surface area contributed by atoms with E-state index in [4.69, 9.17) is 16.3 Å². The summed E-state index contributed by atoms with van der Waals surface area (Å²) in [5.41, 5.74) is 4.13. The van der Waals surface area contributed by atoms with E-state index in [1.54, 1.807) is 73.1 Å². The van der Waals surface area contributed by atoms with Crippen molar-refractivity contribution in [3.05, 3.63) is 136 Å². The number of aliphatic hydroxyl groups excluding tert-OH is 1. The number of Topliss-reactive ketones (excluding diaryl/α,β-unsaturated/α-hetero) is 1. The third-order valence-electron chi connectivity index (χ3n) is 6.44. The summed E-state index contributed by atoms with van der Waals surface area (Å²) in [5, 5.41) is 11.8. The summed E-state index contributed by atoms with van der Waals surface area (Å²) in [6.45, 7) is 2.62. The Morgan fingerprint density at radius 1 is 0.947 bits per heavy atom. The lowest BCUT2D eigenvalue weighted by atomic mass is 9.95. The highest BCUT2D eigenvalue weighted by Gasteiger charge is 2.46. The van der Waals surface area contributed by atoms with Crippen molar-refractivity contribution >= 4 is 29.1 Å². The molecule has 7 heteroatoms. The smallest absolute Gasteiger partial charge is 0.295 e. The first-order valence-corrected chi connectivity index (χ1v) is 12.5. The molecule has 1 aromatic heterocycles. The zero-order chi connectivity index (χ0) is 26.6. The van der Waals surface area contributed by atoms with Crippen molar-refractivity contribution in [3.63, 3.8) is 0 Å². The number of ether oxygens (including phenoxy) is 1. The average Bonchev–Trinajstić information content (AvgIpc) is 3.18. The van der Waals surface area contributed by atoms with Crippen molar-refractivity contribution in [2.75, 3.05) is 0 Å². The topological polar surface area (TPSA) is 79.7 Å². The van der Waals surface area contributed by atoms with Crippen LogP contribution in [0.1, 0.15) is 33.9 Å². The number of aryl methyl sites for hydroxylation is 1. The number of rotatable bonds is 7. The monoisotopic (exact) mass is 524 g/mol. The Hall–Kier alpha value is -4.42. The molecule has 1 atom stereocenters. The molecule has 38 heavy (non-hydrogen) atoms. The Balaban J connectivity index is 1.47. The van der Waals surface area contributed by atoms with Crippen LogP contribution in [0.4, 0.5) is 0 Å². The molecule has 1 amide bonds. The first-order chi connectivity index (χ1) is 18.4. The van der Waals surface area contributed by atoms with E-state index in [9.17, 15) is 14.7 Å². The van der Waals surface area contributed by atoms with Crippen molar-refractivity contribution in [2.24, 2.45) is 0 Å². The first kappa shape index (κ1) is 25.2. The number of hydrogen-bond donors (Lipinski definition) is 1. The number of halogens is 1. The number of aromatic nitrogens is 1. The SMILES string of the molecule is Cc1cccc(COc2ccc(/C(O)=C3\C(=O)C(=O)N(Cc4ccncc4)[C@H]3c3ccc(Cl)cc3)cc2)c1.